The first-order valence-corrected chi connectivity index (χ1v) is 9.15. The van der Waals surface area contributed by atoms with Crippen LogP contribution in [0.25, 0.3) is 0 Å². The van der Waals surface area contributed by atoms with Gasteiger partial charge >= 0.3 is 6.09 Å². The number of fused-ring (bicyclic) bond motifs is 4. The molecular weight excluding hydrogens is 300 g/mol. The molecule has 4 heteroatoms. The Kier molecular flexibility index (Phi) is 5.14. The van der Waals surface area contributed by atoms with Gasteiger partial charge in [-0.3, -0.25) is 4.90 Å². The second-order valence-corrected chi connectivity index (χ2v) is 8.37. The van der Waals surface area contributed by atoms with Gasteiger partial charge in [0, 0.05) is 25.7 Å². The summed E-state index contributed by atoms with van der Waals surface area (Å²) in [4.78, 5) is 14.7. The van der Waals surface area contributed by atoms with Crippen LogP contribution in [0.4, 0.5) is 4.79 Å². The van der Waals surface area contributed by atoms with Crippen molar-refractivity contribution in [2.45, 2.75) is 58.2 Å². The van der Waals surface area contributed by atoms with Crippen LogP contribution in [0, 0.1) is 11.8 Å². The summed E-state index contributed by atoms with van der Waals surface area (Å²) in [6.45, 7) is 8.94. The average molecular weight is 330 g/mol. The normalized spacial score (nSPS) is 27.5. The molecule has 1 saturated carbocycles. The fraction of sp³-hybridized carbons (Fsp3) is 0.650. The second-order valence-electron chi connectivity index (χ2n) is 8.37. The summed E-state index contributed by atoms with van der Waals surface area (Å²) < 4.78 is 5.45. The Morgan fingerprint density at radius 1 is 1.21 bits per heavy atom. The Bertz CT molecular complexity index is 553. The zero-order chi connectivity index (χ0) is 17.2. The van der Waals surface area contributed by atoms with Crippen LogP contribution in [-0.4, -0.2) is 35.7 Å². The number of rotatable bonds is 3. The van der Waals surface area contributed by atoms with Gasteiger partial charge in [-0.2, -0.15) is 0 Å². The highest BCUT2D eigenvalue weighted by molar-refractivity contribution is 5.68. The number of alkyl carbamates (subject to hydrolysis) is 1. The molecule has 24 heavy (non-hydrogen) atoms. The zero-order valence-corrected chi connectivity index (χ0v) is 15.1. The van der Waals surface area contributed by atoms with Gasteiger partial charge in [0.1, 0.15) is 5.60 Å². The third kappa shape index (κ3) is 4.73. The third-order valence-corrected chi connectivity index (χ3v) is 5.06. The molecule has 2 aliphatic heterocycles. The van der Waals surface area contributed by atoms with Crippen molar-refractivity contribution >= 4 is 6.09 Å². The van der Waals surface area contributed by atoms with Gasteiger partial charge in [0.05, 0.1) is 0 Å². The average Bonchev–Trinajstić information content (AvgIpc) is 2.76. The molecule has 0 unspecified atom stereocenters. The molecule has 3 fully saturated rings. The van der Waals surface area contributed by atoms with Crippen LogP contribution >= 0.6 is 0 Å². The lowest BCUT2D eigenvalue weighted by Gasteiger charge is -2.33. The minimum atomic E-state index is -0.437. The summed E-state index contributed by atoms with van der Waals surface area (Å²) >= 11 is 0. The number of hydrogen-bond acceptors (Lipinski definition) is 3. The number of ether oxygens (including phenoxy) is 1. The van der Waals surface area contributed by atoms with Crippen molar-refractivity contribution in [3.05, 3.63) is 35.9 Å². The lowest BCUT2D eigenvalue weighted by atomic mass is 9.80. The predicted octanol–water partition coefficient (Wildman–Crippen LogP) is 3.81. The van der Waals surface area contributed by atoms with Gasteiger partial charge < -0.3 is 10.1 Å². The first kappa shape index (κ1) is 17.3. The standard InChI is InChI=1S/C20H30N2O2/c1-20(2,3)24-19(23)21-18-11-16-9-10-17(18)14-22(13-16)12-15-7-5-4-6-8-15/h4-8,16-18H,9-14H2,1-3H3,(H,21,23)/t16-,17-,18-/m0/s1. The molecule has 1 N–H and O–H groups in total. The number of benzene rings is 1. The van der Waals surface area contributed by atoms with Crippen LogP contribution in [-0.2, 0) is 11.3 Å². The van der Waals surface area contributed by atoms with Crippen LogP contribution < -0.4 is 5.32 Å². The number of carbonyl (C=O) groups excluding carboxylic acids is 1. The van der Waals surface area contributed by atoms with Crippen LogP contribution in [0.3, 0.4) is 0 Å². The van der Waals surface area contributed by atoms with Crippen LogP contribution in [0.1, 0.15) is 45.6 Å². The minimum absolute atomic E-state index is 0.249. The second kappa shape index (κ2) is 7.14. The fourth-order valence-electron chi connectivity index (χ4n) is 4.08. The molecule has 3 atom stereocenters. The highest BCUT2D eigenvalue weighted by atomic mass is 16.6. The molecular formula is C20H30N2O2. The molecule has 0 spiro atoms. The quantitative estimate of drug-likeness (QED) is 0.916. The molecule has 3 aliphatic rings. The Morgan fingerprint density at radius 2 is 1.96 bits per heavy atom. The Labute approximate surface area is 145 Å². The maximum atomic E-state index is 12.1. The van der Waals surface area contributed by atoms with Gasteiger partial charge in [-0.1, -0.05) is 30.3 Å². The molecule has 1 aromatic carbocycles. The number of nitrogens with one attached hydrogen (secondary N) is 1. The smallest absolute Gasteiger partial charge is 0.407 e. The highest BCUT2D eigenvalue weighted by Gasteiger charge is 2.37. The number of amides is 1. The topological polar surface area (TPSA) is 41.6 Å². The molecule has 2 heterocycles. The fourth-order valence-corrected chi connectivity index (χ4v) is 4.08. The van der Waals surface area contributed by atoms with Gasteiger partial charge in [0.25, 0.3) is 0 Å². The van der Waals surface area contributed by atoms with Crippen LogP contribution in [0.2, 0.25) is 0 Å². The van der Waals surface area contributed by atoms with E-state index in [1.165, 1.54) is 18.4 Å². The number of carbonyl (C=O) groups is 1. The van der Waals surface area contributed by atoms with Crippen molar-refractivity contribution in [1.82, 2.24) is 10.2 Å². The zero-order valence-electron chi connectivity index (χ0n) is 15.1. The molecule has 1 amide bonds. The molecule has 1 aliphatic carbocycles. The van der Waals surface area contributed by atoms with E-state index < -0.39 is 5.60 Å². The maximum Gasteiger partial charge on any atom is 0.407 e. The van der Waals surface area contributed by atoms with Gasteiger partial charge in [-0.15, -0.1) is 0 Å². The largest absolute Gasteiger partial charge is 0.444 e. The van der Waals surface area contributed by atoms with E-state index in [1.54, 1.807) is 0 Å². The van der Waals surface area contributed by atoms with Crippen LogP contribution in [0.5, 0.6) is 0 Å². The minimum Gasteiger partial charge on any atom is -0.444 e. The van der Waals surface area contributed by atoms with E-state index in [-0.39, 0.29) is 12.1 Å². The molecule has 1 aromatic rings. The third-order valence-electron chi connectivity index (χ3n) is 5.06. The predicted molar refractivity (Wildman–Crippen MR) is 95.7 cm³/mol. The Morgan fingerprint density at radius 3 is 2.67 bits per heavy atom. The first-order chi connectivity index (χ1) is 11.4. The number of nitrogens with zero attached hydrogens (tertiary/aromatic N) is 1. The summed E-state index contributed by atoms with van der Waals surface area (Å²) in [5, 5.41) is 3.14. The van der Waals surface area contributed by atoms with Gasteiger partial charge in [0.15, 0.2) is 0 Å². The van der Waals surface area contributed by atoms with Crippen molar-refractivity contribution in [3.8, 4) is 0 Å². The van der Waals surface area contributed by atoms with E-state index in [0.717, 1.165) is 26.1 Å². The van der Waals surface area contributed by atoms with Crippen molar-refractivity contribution in [2.75, 3.05) is 13.1 Å². The Balaban J connectivity index is 1.60. The van der Waals surface area contributed by atoms with Gasteiger partial charge in [-0.05, 0) is 57.4 Å². The van der Waals surface area contributed by atoms with E-state index >= 15 is 0 Å². The van der Waals surface area contributed by atoms with Crippen LogP contribution in [0.15, 0.2) is 30.3 Å². The molecule has 132 valence electrons. The molecule has 0 aromatic heterocycles. The van der Waals surface area contributed by atoms with E-state index in [9.17, 15) is 4.79 Å². The monoisotopic (exact) mass is 330 g/mol. The summed E-state index contributed by atoms with van der Waals surface area (Å²) in [5.41, 5.74) is 0.933. The van der Waals surface area contributed by atoms with E-state index in [0.29, 0.717) is 11.8 Å². The molecule has 4 nitrogen and oxygen atoms in total. The molecule has 0 radical (unpaired) electrons. The summed E-state index contributed by atoms with van der Waals surface area (Å²) in [5.74, 6) is 1.20. The SMILES string of the molecule is CC(C)(C)OC(=O)N[C@H]1C[C@@H]2CC[C@H]1CN(Cc1ccccc1)C2. The number of hydrogen-bond donors (Lipinski definition) is 1. The summed E-state index contributed by atoms with van der Waals surface area (Å²) in [6, 6.07) is 10.9. The molecule has 2 bridgehead atoms. The first-order valence-electron chi connectivity index (χ1n) is 9.15. The maximum absolute atomic E-state index is 12.1. The van der Waals surface area contributed by atoms with E-state index in [2.05, 4.69) is 40.5 Å². The van der Waals surface area contributed by atoms with Crippen molar-refractivity contribution < 1.29 is 9.53 Å². The summed E-state index contributed by atoms with van der Waals surface area (Å²) in [7, 11) is 0. The summed E-state index contributed by atoms with van der Waals surface area (Å²) in [6.07, 6.45) is 3.29. The lowest BCUT2D eigenvalue weighted by molar-refractivity contribution is 0.0464. The van der Waals surface area contributed by atoms with E-state index in [1.807, 2.05) is 20.8 Å². The van der Waals surface area contributed by atoms with Gasteiger partial charge in [-0.25, -0.2) is 4.79 Å². The molecule has 2 saturated heterocycles. The van der Waals surface area contributed by atoms with Crippen molar-refractivity contribution in [1.29, 1.82) is 0 Å². The van der Waals surface area contributed by atoms with Crippen molar-refractivity contribution in [3.63, 3.8) is 0 Å². The molecule has 4 rings (SSSR count). The lowest BCUT2D eigenvalue weighted by Crippen LogP contribution is -2.46. The van der Waals surface area contributed by atoms with Gasteiger partial charge in [0.2, 0.25) is 0 Å². The highest BCUT2D eigenvalue weighted by Crippen LogP contribution is 2.35. The Hall–Kier alpha value is -1.55. The van der Waals surface area contributed by atoms with Crippen molar-refractivity contribution in [2.24, 2.45) is 11.8 Å². The van der Waals surface area contributed by atoms with E-state index in [4.69, 9.17) is 4.74 Å².